The molecular weight excluding hydrogens is 633 g/mol. The third-order valence-electron chi connectivity index (χ3n) is 5.52. The van der Waals surface area contributed by atoms with Crippen molar-refractivity contribution >= 4 is 77.6 Å². The van der Waals surface area contributed by atoms with Crippen molar-refractivity contribution in [3.8, 4) is 0 Å². The Morgan fingerprint density at radius 1 is 1.30 bits per heavy atom. The van der Waals surface area contributed by atoms with E-state index in [2.05, 4.69) is 58.4 Å². The number of cyclic esters (lactones) is 1. The van der Waals surface area contributed by atoms with Crippen LogP contribution in [0, 0.1) is 0 Å². The molecule has 2 aliphatic heterocycles. The lowest BCUT2D eigenvalue weighted by Crippen LogP contribution is -2.67. The van der Waals surface area contributed by atoms with Gasteiger partial charge in [0.05, 0.1) is 19.6 Å². The van der Waals surface area contributed by atoms with Gasteiger partial charge in [0.1, 0.15) is 12.3 Å². The fourth-order valence-electron chi connectivity index (χ4n) is 3.96. The number of anilines is 2. The number of amides is 3. The van der Waals surface area contributed by atoms with Crippen molar-refractivity contribution in [2.75, 3.05) is 42.5 Å². The van der Waals surface area contributed by atoms with E-state index >= 15 is 4.39 Å². The van der Waals surface area contributed by atoms with Crippen LogP contribution in [0.1, 0.15) is 13.8 Å². The number of ether oxygens (including phenoxy) is 1. The Bertz CT molecular complexity index is 883. The lowest BCUT2D eigenvalue weighted by atomic mass is 10.1. The highest BCUT2D eigenvalue weighted by Crippen LogP contribution is 2.42. The zero-order chi connectivity index (χ0) is 24.4. The maximum absolute atomic E-state index is 15.7. The number of piperazine rings is 1. The maximum Gasteiger partial charge on any atom is 0.414 e. The Labute approximate surface area is 216 Å². The van der Waals surface area contributed by atoms with Gasteiger partial charge in [0, 0.05) is 31.4 Å². The van der Waals surface area contributed by atoms with Crippen molar-refractivity contribution in [2.45, 2.75) is 34.1 Å². The maximum atomic E-state index is 15.7. The van der Waals surface area contributed by atoms with E-state index < -0.39 is 26.3 Å². The van der Waals surface area contributed by atoms with Crippen molar-refractivity contribution in [1.29, 1.82) is 0 Å². The van der Waals surface area contributed by atoms with Gasteiger partial charge >= 0.3 is 6.09 Å². The van der Waals surface area contributed by atoms with E-state index in [-0.39, 0.29) is 19.0 Å². The van der Waals surface area contributed by atoms with Crippen molar-refractivity contribution in [3.05, 3.63) is 24.3 Å². The molecule has 2 aliphatic rings. The molecule has 3 atom stereocenters. The predicted molar refractivity (Wildman–Crippen MR) is 134 cm³/mol. The minimum Gasteiger partial charge on any atom is -0.442 e. The first-order chi connectivity index (χ1) is 15.4. The molecule has 2 N–H and O–H groups in total. The lowest BCUT2D eigenvalue weighted by Gasteiger charge is -2.49. The molecular formula is C20H25Br3FN5O4. The van der Waals surface area contributed by atoms with Crippen LogP contribution in [0.2, 0.25) is 0 Å². The van der Waals surface area contributed by atoms with Gasteiger partial charge in [0.25, 0.3) is 0 Å². The Morgan fingerprint density at radius 2 is 1.94 bits per heavy atom. The van der Waals surface area contributed by atoms with Gasteiger partial charge in [-0.2, -0.15) is 0 Å². The van der Waals surface area contributed by atoms with Crippen LogP contribution in [0.3, 0.4) is 0 Å². The zero-order valence-electron chi connectivity index (χ0n) is 18.1. The highest BCUT2D eigenvalue weighted by atomic mass is 80.0. The Kier molecular flexibility index (Phi) is 8.28. The summed E-state index contributed by atoms with van der Waals surface area (Å²) in [5, 5.41) is 5.28. The zero-order valence-corrected chi connectivity index (χ0v) is 22.8. The minimum absolute atomic E-state index is 0.0804. The normalized spacial score (nSPS) is 24.9. The third-order valence-corrected chi connectivity index (χ3v) is 6.82. The number of nitrogens with one attached hydrogen (secondary N) is 2. The molecule has 3 unspecified atom stereocenters. The molecule has 0 spiro atoms. The number of hydrogen-bond donors (Lipinski definition) is 2. The van der Waals surface area contributed by atoms with Crippen LogP contribution in [0.4, 0.5) is 20.6 Å². The van der Waals surface area contributed by atoms with E-state index in [9.17, 15) is 14.4 Å². The molecule has 2 fully saturated rings. The molecule has 1 aromatic carbocycles. The summed E-state index contributed by atoms with van der Waals surface area (Å²) in [4.78, 5) is 39.4. The summed E-state index contributed by atoms with van der Waals surface area (Å²) < 4.78 is 20.1. The van der Waals surface area contributed by atoms with Crippen LogP contribution in [0.5, 0.6) is 0 Å². The second kappa shape index (κ2) is 10.4. The van der Waals surface area contributed by atoms with Crippen LogP contribution in [0.15, 0.2) is 24.3 Å². The SMILES string of the molecule is CC(=O)NCC1CN(c2ccc(N3CCN(C(NC=O)C(Br)(Br)Br)C(C)(F)C3)cc2)C(=O)O1. The summed E-state index contributed by atoms with van der Waals surface area (Å²) in [5.74, 6) is -1.93. The van der Waals surface area contributed by atoms with Crippen LogP contribution in [-0.4, -0.2) is 76.2 Å². The number of rotatable bonds is 7. The molecule has 3 amide bonds. The quantitative estimate of drug-likeness (QED) is 0.266. The molecule has 0 aromatic heterocycles. The fraction of sp³-hybridized carbons (Fsp3) is 0.550. The van der Waals surface area contributed by atoms with Gasteiger partial charge in [0.15, 0.2) is 7.94 Å². The molecule has 0 radical (unpaired) electrons. The number of carbonyl (C=O) groups excluding carboxylic acids is 3. The van der Waals surface area contributed by atoms with Gasteiger partial charge in [-0.05, 0) is 31.2 Å². The average molecular weight is 658 g/mol. The molecule has 2 saturated heterocycles. The molecule has 1 aromatic rings. The van der Waals surface area contributed by atoms with E-state index in [4.69, 9.17) is 4.74 Å². The van der Waals surface area contributed by atoms with Gasteiger partial charge in [-0.25, -0.2) is 14.1 Å². The summed E-state index contributed by atoms with van der Waals surface area (Å²) in [7, 11) is 0. The molecule has 0 aliphatic carbocycles. The molecule has 9 nitrogen and oxygen atoms in total. The monoisotopic (exact) mass is 655 g/mol. The Balaban J connectivity index is 1.67. The van der Waals surface area contributed by atoms with Gasteiger partial charge in [0.2, 0.25) is 12.3 Å². The van der Waals surface area contributed by atoms with E-state index in [0.717, 1.165) is 5.69 Å². The number of hydrogen-bond acceptors (Lipinski definition) is 6. The van der Waals surface area contributed by atoms with Crippen LogP contribution < -0.4 is 20.4 Å². The molecule has 2 heterocycles. The first-order valence-electron chi connectivity index (χ1n) is 10.2. The average Bonchev–Trinajstić information content (AvgIpc) is 3.10. The van der Waals surface area contributed by atoms with Gasteiger partial charge < -0.3 is 20.3 Å². The standard InChI is InChI=1S/C20H25Br3FN5O4/c1-13(31)25-9-16-10-28(18(32)33-16)15-5-3-14(4-6-15)27-7-8-29(19(2,24)11-27)17(26-12-30)20(21,22)23/h3-6,12,16-17H,7-11H2,1-2H3,(H,25,31)(H,26,30). The lowest BCUT2D eigenvalue weighted by molar-refractivity contribution is -0.119. The number of benzene rings is 1. The number of nitrogens with zero attached hydrogens (tertiary/aromatic N) is 3. The number of alkyl halides is 4. The minimum atomic E-state index is -1.74. The van der Waals surface area contributed by atoms with Crippen LogP contribution in [0.25, 0.3) is 0 Å². The molecule has 33 heavy (non-hydrogen) atoms. The highest BCUT2D eigenvalue weighted by molar-refractivity contribution is 9.39. The largest absolute Gasteiger partial charge is 0.442 e. The summed E-state index contributed by atoms with van der Waals surface area (Å²) in [6, 6.07) is 7.24. The van der Waals surface area contributed by atoms with E-state index in [0.29, 0.717) is 31.7 Å². The van der Waals surface area contributed by atoms with Crippen molar-refractivity contribution in [1.82, 2.24) is 15.5 Å². The summed E-state index contributed by atoms with van der Waals surface area (Å²) in [6.07, 6.45) is -1.03. The Morgan fingerprint density at radius 3 is 2.48 bits per heavy atom. The van der Waals surface area contributed by atoms with E-state index in [1.54, 1.807) is 17.0 Å². The topological polar surface area (TPSA) is 94.2 Å². The second-order valence-corrected chi connectivity index (χ2v) is 15.0. The first-order valence-corrected chi connectivity index (χ1v) is 12.6. The molecule has 13 heteroatoms. The van der Waals surface area contributed by atoms with Crippen molar-refractivity contribution in [3.63, 3.8) is 0 Å². The van der Waals surface area contributed by atoms with Gasteiger partial charge in [-0.3, -0.25) is 14.5 Å². The first kappa shape index (κ1) is 26.2. The van der Waals surface area contributed by atoms with Crippen molar-refractivity contribution in [2.24, 2.45) is 0 Å². The smallest absolute Gasteiger partial charge is 0.414 e. The Hall–Kier alpha value is -1.44. The molecule has 0 saturated carbocycles. The molecule has 3 rings (SSSR count). The summed E-state index contributed by atoms with van der Waals surface area (Å²) in [6.45, 7) is 4.44. The van der Waals surface area contributed by atoms with Crippen molar-refractivity contribution < 1.29 is 23.5 Å². The van der Waals surface area contributed by atoms with E-state index in [1.165, 1.54) is 18.7 Å². The molecule has 0 bridgehead atoms. The van der Waals surface area contributed by atoms with Gasteiger partial charge in [-0.1, -0.05) is 47.8 Å². The van der Waals surface area contributed by atoms with Crippen LogP contribution >= 0.6 is 47.8 Å². The van der Waals surface area contributed by atoms with Gasteiger partial charge in [-0.15, -0.1) is 0 Å². The third kappa shape index (κ3) is 6.37. The van der Waals surface area contributed by atoms with Crippen LogP contribution in [-0.2, 0) is 14.3 Å². The number of halogens is 4. The summed E-state index contributed by atoms with van der Waals surface area (Å²) >= 11 is 10.2. The number of carbonyl (C=O) groups is 3. The summed E-state index contributed by atoms with van der Waals surface area (Å²) in [5.41, 5.74) is 1.47. The fourth-order valence-corrected chi connectivity index (χ4v) is 5.10. The predicted octanol–water partition coefficient (Wildman–Crippen LogP) is 2.87. The van der Waals surface area contributed by atoms with E-state index in [1.807, 2.05) is 17.0 Å². The molecule has 182 valence electrons. The second-order valence-electron chi connectivity index (χ2n) is 8.06. The highest BCUT2D eigenvalue weighted by Gasteiger charge is 2.47.